The van der Waals surface area contributed by atoms with Crippen molar-refractivity contribution in [2.75, 3.05) is 6.54 Å². The van der Waals surface area contributed by atoms with Crippen LogP contribution in [0.2, 0.25) is 0 Å². The van der Waals surface area contributed by atoms with Gasteiger partial charge >= 0.3 is 5.97 Å². The molecule has 0 aromatic heterocycles. The molecule has 0 aliphatic heterocycles. The zero-order valence-corrected chi connectivity index (χ0v) is 8.83. The molecule has 0 aliphatic rings. The van der Waals surface area contributed by atoms with E-state index in [1.54, 1.807) is 6.92 Å². The molecule has 0 heterocycles. The minimum absolute atomic E-state index is 0.122. The van der Waals surface area contributed by atoms with Crippen molar-refractivity contribution in [2.24, 2.45) is 0 Å². The number of hydrogen-bond donors (Lipinski definition) is 3. The Labute approximate surface area is 83.9 Å². The van der Waals surface area contributed by atoms with Crippen LogP contribution in [0.4, 0.5) is 0 Å². The van der Waals surface area contributed by atoms with Crippen LogP contribution < -0.4 is 10.6 Å². The molecule has 2 atom stereocenters. The molecule has 0 fully saturated rings. The fourth-order valence-electron chi connectivity index (χ4n) is 0.803. The maximum Gasteiger partial charge on any atom is 0.317 e. The van der Waals surface area contributed by atoms with Crippen molar-refractivity contribution in [1.82, 2.24) is 10.6 Å². The monoisotopic (exact) mass is 202 g/mol. The van der Waals surface area contributed by atoms with E-state index in [1.807, 2.05) is 13.8 Å². The van der Waals surface area contributed by atoms with E-state index < -0.39 is 12.0 Å². The second kappa shape index (κ2) is 6.37. The summed E-state index contributed by atoms with van der Waals surface area (Å²) in [7, 11) is 0. The lowest BCUT2D eigenvalue weighted by Crippen LogP contribution is -2.46. The molecule has 82 valence electrons. The summed E-state index contributed by atoms with van der Waals surface area (Å²) in [5, 5.41) is 13.7. The molecule has 3 N–H and O–H groups in total. The van der Waals surface area contributed by atoms with E-state index in [2.05, 4.69) is 10.6 Å². The highest BCUT2D eigenvalue weighted by Crippen LogP contribution is 1.90. The maximum atomic E-state index is 11.4. The van der Waals surface area contributed by atoms with Crippen LogP contribution in [0.3, 0.4) is 0 Å². The molecule has 2 unspecified atom stereocenters. The van der Waals surface area contributed by atoms with Gasteiger partial charge in [0.15, 0.2) is 0 Å². The topological polar surface area (TPSA) is 78.4 Å². The predicted molar refractivity (Wildman–Crippen MR) is 53.0 cm³/mol. The Morgan fingerprint density at radius 3 is 2.36 bits per heavy atom. The second-order valence-corrected chi connectivity index (χ2v) is 3.31. The second-order valence-electron chi connectivity index (χ2n) is 3.31. The Kier molecular flexibility index (Phi) is 5.87. The quantitative estimate of drug-likeness (QED) is 0.565. The molecule has 1 amide bonds. The van der Waals surface area contributed by atoms with E-state index in [9.17, 15) is 9.59 Å². The zero-order valence-electron chi connectivity index (χ0n) is 8.83. The number of rotatable bonds is 6. The van der Waals surface area contributed by atoms with E-state index in [4.69, 9.17) is 5.11 Å². The molecule has 0 radical (unpaired) electrons. The number of carboxylic acids is 1. The lowest BCUT2D eigenvalue weighted by molar-refractivity contribution is -0.136. The SMILES string of the molecule is CCC(C)NC(=O)C(C)NCC(=O)O. The van der Waals surface area contributed by atoms with Crippen molar-refractivity contribution in [3.63, 3.8) is 0 Å². The summed E-state index contributed by atoms with van der Waals surface area (Å²) in [4.78, 5) is 21.6. The third-order valence-corrected chi connectivity index (χ3v) is 1.95. The highest BCUT2D eigenvalue weighted by molar-refractivity contribution is 5.82. The van der Waals surface area contributed by atoms with Crippen LogP contribution in [-0.2, 0) is 9.59 Å². The lowest BCUT2D eigenvalue weighted by atomic mass is 10.2. The first-order chi connectivity index (χ1) is 6.47. The summed E-state index contributed by atoms with van der Waals surface area (Å²) in [6.07, 6.45) is 0.859. The summed E-state index contributed by atoms with van der Waals surface area (Å²) >= 11 is 0. The number of hydrogen-bond acceptors (Lipinski definition) is 3. The third kappa shape index (κ3) is 5.53. The van der Waals surface area contributed by atoms with Gasteiger partial charge in [-0.15, -0.1) is 0 Å². The number of carboxylic acid groups (broad SMARTS) is 1. The van der Waals surface area contributed by atoms with Crippen molar-refractivity contribution in [1.29, 1.82) is 0 Å². The van der Waals surface area contributed by atoms with Gasteiger partial charge < -0.3 is 10.4 Å². The van der Waals surface area contributed by atoms with Crippen LogP contribution in [0.1, 0.15) is 27.2 Å². The van der Waals surface area contributed by atoms with Crippen LogP contribution in [0.25, 0.3) is 0 Å². The van der Waals surface area contributed by atoms with Gasteiger partial charge in [-0.3, -0.25) is 14.9 Å². The van der Waals surface area contributed by atoms with Crippen LogP contribution >= 0.6 is 0 Å². The number of carbonyl (C=O) groups is 2. The normalized spacial score (nSPS) is 14.5. The molecule has 0 aromatic rings. The summed E-state index contributed by atoms with van der Waals surface area (Å²) in [5.74, 6) is -1.13. The maximum absolute atomic E-state index is 11.4. The van der Waals surface area contributed by atoms with E-state index in [1.165, 1.54) is 0 Å². The average Bonchev–Trinajstić information content (AvgIpc) is 2.13. The molecule has 0 rings (SSSR count). The first kappa shape index (κ1) is 12.9. The fraction of sp³-hybridized carbons (Fsp3) is 0.778. The largest absolute Gasteiger partial charge is 0.480 e. The van der Waals surface area contributed by atoms with Gasteiger partial charge in [0.25, 0.3) is 0 Å². The Hall–Kier alpha value is -1.10. The number of nitrogens with one attached hydrogen (secondary N) is 2. The van der Waals surface area contributed by atoms with Crippen molar-refractivity contribution in [3.8, 4) is 0 Å². The Balaban J connectivity index is 3.81. The molecule has 14 heavy (non-hydrogen) atoms. The zero-order chi connectivity index (χ0) is 11.1. The average molecular weight is 202 g/mol. The predicted octanol–water partition coefficient (Wildman–Crippen LogP) is -0.0362. The lowest BCUT2D eigenvalue weighted by Gasteiger charge is -2.16. The summed E-state index contributed by atoms with van der Waals surface area (Å²) in [6.45, 7) is 5.32. The van der Waals surface area contributed by atoms with Crippen LogP contribution in [0, 0.1) is 0 Å². The smallest absolute Gasteiger partial charge is 0.317 e. The molecule has 0 spiro atoms. The van der Waals surface area contributed by atoms with E-state index in [0.717, 1.165) is 6.42 Å². The van der Waals surface area contributed by atoms with Gasteiger partial charge in [0.05, 0.1) is 12.6 Å². The molecule has 5 heteroatoms. The van der Waals surface area contributed by atoms with Gasteiger partial charge in [-0.05, 0) is 20.3 Å². The Morgan fingerprint density at radius 2 is 1.93 bits per heavy atom. The summed E-state index contributed by atoms with van der Waals surface area (Å²) in [5.41, 5.74) is 0. The molecule has 0 saturated heterocycles. The molecular weight excluding hydrogens is 184 g/mol. The third-order valence-electron chi connectivity index (χ3n) is 1.95. The molecule has 0 aliphatic carbocycles. The molecule has 0 aromatic carbocycles. The van der Waals surface area contributed by atoms with E-state index >= 15 is 0 Å². The number of amides is 1. The standard InChI is InChI=1S/C9H18N2O3/c1-4-6(2)11-9(14)7(3)10-5-8(12)13/h6-7,10H,4-5H2,1-3H3,(H,11,14)(H,12,13). The van der Waals surface area contributed by atoms with Gasteiger partial charge in [0, 0.05) is 6.04 Å². The fourth-order valence-corrected chi connectivity index (χ4v) is 0.803. The van der Waals surface area contributed by atoms with Crippen LogP contribution in [-0.4, -0.2) is 35.6 Å². The molecule has 5 nitrogen and oxygen atoms in total. The van der Waals surface area contributed by atoms with Gasteiger partial charge in [0.1, 0.15) is 0 Å². The van der Waals surface area contributed by atoms with Crippen molar-refractivity contribution >= 4 is 11.9 Å². The highest BCUT2D eigenvalue weighted by Gasteiger charge is 2.14. The Morgan fingerprint density at radius 1 is 1.36 bits per heavy atom. The van der Waals surface area contributed by atoms with Gasteiger partial charge in [-0.1, -0.05) is 6.92 Å². The van der Waals surface area contributed by atoms with Gasteiger partial charge in [-0.2, -0.15) is 0 Å². The van der Waals surface area contributed by atoms with Crippen LogP contribution in [0.5, 0.6) is 0 Å². The first-order valence-corrected chi connectivity index (χ1v) is 4.73. The molecule has 0 saturated carbocycles. The van der Waals surface area contributed by atoms with Crippen molar-refractivity contribution in [2.45, 2.75) is 39.3 Å². The number of aliphatic carboxylic acids is 1. The summed E-state index contributed by atoms with van der Waals surface area (Å²) < 4.78 is 0. The minimum Gasteiger partial charge on any atom is -0.480 e. The first-order valence-electron chi connectivity index (χ1n) is 4.73. The number of carbonyl (C=O) groups excluding carboxylic acids is 1. The van der Waals surface area contributed by atoms with Gasteiger partial charge in [0.2, 0.25) is 5.91 Å². The van der Waals surface area contributed by atoms with Gasteiger partial charge in [-0.25, -0.2) is 0 Å². The highest BCUT2D eigenvalue weighted by atomic mass is 16.4. The van der Waals surface area contributed by atoms with Crippen molar-refractivity contribution in [3.05, 3.63) is 0 Å². The summed E-state index contributed by atoms with van der Waals surface area (Å²) in [6, 6.07) is -0.350. The molecule has 0 bridgehead atoms. The van der Waals surface area contributed by atoms with E-state index in [0.29, 0.717) is 0 Å². The Bertz CT molecular complexity index is 206. The van der Waals surface area contributed by atoms with Crippen LogP contribution in [0.15, 0.2) is 0 Å². The van der Waals surface area contributed by atoms with E-state index in [-0.39, 0.29) is 18.5 Å². The molecular formula is C9H18N2O3. The van der Waals surface area contributed by atoms with Crippen molar-refractivity contribution < 1.29 is 14.7 Å². The minimum atomic E-state index is -0.965.